The second-order valence-corrected chi connectivity index (χ2v) is 7.98. The molecule has 1 atom stereocenters. The first-order valence-corrected chi connectivity index (χ1v) is 9.51. The molecule has 0 radical (unpaired) electrons. The second-order valence-electron chi connectivity index (χ2n) is 6.09. The highest BCUT2D eigenvalue weighted by Crippen LogP contribution is 2.21. The van der Waals surface area contributed by atoms with Gasteiger partial charge in [-0.05, 0) is 17.9 Å². The highest BCUT2D eigenvalue weighted by molar-refractivity contribution is 7.90. The number of carbonyl (C=O) groups excluding carboxylic acids is 1. The zero-order valence-corrected chi connectivity index (χ0v) is 14.7. The van der Waals surface area contributed by atoms with Gasteiger partial charge in [0.15, 0.2) is 0 Å². The summed E-state index contributed by atoms with van der Waals surface area (Å²) in [6, 6.07) is 8.82. The minimum Gasteiger partial charge on any atom is -0.410 e. The number of amides is 1. The molecule has 7 nitrogen and oxygen atoms in total. The van der Waals surface area contributed by atoms with E-state index in [1.54, 1.807) is 0 Å². The molecule has 2 rings (SSSR count). The van der Waals surface area contributed by atoms with Gasteiger partial charge in [0.2, 0.25) is 21.6 Å². The first kappa shape index (κ1) is 18.1. The van der Waals surface area contributed by atoms with Crippen LogP contribution in [0.3, 0.4) is 0 Å². The quantitative estimate of drug-likeness (QED) is 0.817. The van der Waals surface area contributed by atoms with Gasteiger partial charge in [0.1, 0.15) is 6.04 Å². The van der Waals surface area contributed by atoms with Crippen LogP contribution in [-0.4, -0.2) is 30.8 Å². The summed E-state index contributed by atoms with van der Waals surface area (Å²) in [5, 5.41) is 9.74. The molecule has 0 spiro atoms. The third kappa shape index (κ3) is 5.16. The molecule has 0 fully saturated rings. The van der Waals surface area contributed by atoms with Crippen molar-refractivity contribution in [1.29, 1.82) is 0 Å². The van der Waals surface area contributed by atoms with Crippen LogP contribution in [0.15, 0.2) is 40.0 Å². The van der Waals surface area contributed by atoms with Gasteiger partial charge in [0.05, 0.1) is 6.42 Å². The van der Waals surface area contributed by atoms with Crippen molar-refractivity contribution in [3.63, 3.8) is 0 Å². The number of hydrogen-bond acceptors (Lipinski definition) is 6. The number of carbonyl (C=O) groups is 1. The molecule has 0 unspecified atom stereocenters. The topological polar surface area (TPSA) is 102 Å². The van der Waals surface area contributed by atoms with Gasteiger partial charge in [-0.1, -0.05) is 49.3 Å². The number of sulfone groups is 1. The van der Waals surface area contributed by atoms with E-state index in [1.165, 1.54) is 0 Å². The summed E-state index contributed by atoms with van der Waals surface area (Å²) in [5.74, 6) is 0.164. The van der Waals surface area contributed by atoms with Crippen molar-refractivity contribution in [3.05, 3.63) is 41.8 Å². The summed E-state index contributed by atoms with van der Waals surface area (Å²) in [6.07, 6.45) is 1.78. The molecule has 0 bridgehead atoms. The highest BCUT2D eigenvalue weighted by Gasteiger charge is 2.25. The molecular weight excluding hydrogens is 330 g/mol. The molecule has 2 aromatic rings. The van der Waals surface area contributed by atoms with Gasteiger partial charge in [-0.2, -0.15) is 0 Å². The van der Waals surface area contributed by atoms with Crippen molar-refractivity contribution in [2.75, 3.05) is 6.26 Å². The second kappa shape index (κ2) is 7.57. The molecular formula is C16H21N3O4S. The lowest BCUT2D eigenvalue weighted by atomic mass is 10.0. The van der Waals surface area contributed by atoms with Crippen LogP contribution in [0.1, 0.15) is 37.8 Å². The van der Waals surface area contributed by atoms with E-state index in [9.17, 15) is 13.2 Å². The van der Waals surface area contributed by atoms with Crippen LogP contribution < -0.4 is 5.32 Å². The Morgan fingerprint density at radius 1 is 1.21 bits per heavy atom. The van der Waals surface area contributed by atoms with Crippen LogP contribution in [0.25, 0.3) is 0 Å². The average Bonchev–Trinajstić information content (AvgIpc) is 2.97. The number of nitrogens with one attached hydrogen (secondary N) is 1. The monoisotopic (exact) mass is 351 g/mol. The van der Waals surface area contributed by atoms with Crippen molar-refractivity contribution in [3.8, 4) is 0 Å². The first-order valence-electron chi connectivity index (χ1n) is 7.62. The maximum absolute atomic E-state index is 12.3. The van der Waals surface area contributed by atoms with E-state index in [0.717, 1.165) is 11.8 Å². The Morgan fingerprint density at radius 3 is 2.42 bits per heavy atom. The molecule has 1 aromatic carbocycles. The van der Waals surface area contributed by atoms with Crippen LogP contribution >= 0.6 is 0 Å². The number of rotatable bonds is 7. The molecule has 8 heteroatoms. The van der Waals surface area contributed by atoms with E-state index in [-0.39, 0.29) is 24.1 Å². The maximum Gasteiger partial charge on any atom is 0.335 e. The van der Waals surface area contributed by atoms with Crippen LogP contribution in [-0.2, 0) is 21.1 Å². The molecule has 0 saturated carbocycles. The smallest absolute Gasteiger partial charge is 0.335 e. The summed E-state index contributed by atoms with van der Waals surface area (Å²) >= 11 is 0. The third-order valence-electron chi connectivity index (χ3n) is 3.29. The number of aromatic nitrogens is 2. The predicted octanol–water partition coefficient (Wildman–Crippen LogP) is 1.92. The first-order chi connectivity index (χ1) is 11.3. The largest absolute Gasteiger partial charge is 0.410 e. The third-order valence-corrected chi connectivity index (χ3v) is 4.09. The molecule has 24 heavy (non-hydrogen) atoms. The summed E-state index contributed by atoms with van der Waals surface area (Å²) in [4.78, 5) is 12.3. The van der Waals surface area contributed by atoms with Crippen LogP contribution in [0.2, 0.25) is 0 Å². The molecule has 0 aliphatic carbocycles. The van der Waals surface area contributed by atoms with Crippen LogP contribution in [0, 0.1) is 5.92 Å². The lowest BCUT2D eigenvalue weighted by molar-refractivity contribution is -0.121. The Kier molecular flexibility index (Phi) is 5.71. The summed E-state index contributed by atoms with van der Waals surface area (Å²) < 4.78 is 28.2. The minimum absolute atomic E-state index is 0.102. The summed E-state index contributed by atoms with van der Waals surface area (Å²) in [7, 11) is -3.57. The van der Waals surface area contributed by atoms with Crippen molar-refractivity contribution in [2.45, 2.75) is 38.0 Å². The fourth-order valence-electron chi connectivity index (χ4n) is 2.23. The van der Waals surface area contributed by atoms with E-state index in [4.69, 9.17) is 4.42 Å². The normalized spacial score (nSPS) is 13.0. The Hall–Kier alpha value is -2.22. The van der Waals surface area contributed by atoms with E-state index in [2.05, 4.69) is 15.5 Å². The van der Waals surface area contributed by atoms with Gasteiger partial charge < -0.3 is 9.73 Å². The van der Waals surface area contributed by atoms with Gasteiger partial charge in [0.25, 0.3) is 0 Å². The van der Waals surface area contributed by atoms with E-state index in [1.807, 2.05) is 44.2 Å². The number of hydrogen-bond donors (Lipinski definition) is 1. The maximum atomic E-state index is 12.3. The zero-order valence-electron chi connectivity index (χ0n) is 13.9. The van der Waals surface area contributed by atoms with E-state index >= 15 is 0 Å². The molecule has 0 aliphatic rings. The zero-order chi connectivity index (χ0) is 17.7. The Labute approximate surface area is 141 Å². The van der Waals surface area contributed by atoms with Gasteiger partial charge >= 0.3 is 5.22 Å². The fraction of sp³-hybridized carbons (Fsp3) is 0.438. The molecule has 0 aliphatic heterocycles. The minimum atomic E-state index is -3.57. The molecule has 130 valence electrons. The molecule has 1 N–H and O–H groups in total. The van der Waals surface area contributed by atoms with Crippen LogP contribution in [0.4, 0.5) is 0 Å². The van der Waals surface area contributed by atoms with Crippen molar-refractivity contribution in [1.82, 2.24) is 15.5 Å². The lowest BCUT2D eigenvalue weighted by Crippen LogP contribution is -2.31. The van der Waals surface area contributed by atoms with Crippen LogP contribution in [0.5, 0.6) is 0 Å². The number of benzene rings is 1. The van der Waals surface area contributed by atoms with Gasteiger partial charge in [-0.25, -0.2) is 8.42 Å². The van der Waals surface area contributed by atoms with E-state index in [0.29, 0.717) is 6.42 Å². The van der Waals surface area contributed by atoms with Crippen molar-refractivity contribution in [2.24, 2.45) is 5.92 Å². The van der Waals surface area contributed by atoms with Crippen molar-refractivity contribution >= 4 is 15.7 Å². The van der Waals surface area contributed by atoms with Gasteiger partial charge in [-0.3, -0.25) is 4.79 Å². The molecule has 1 aromatic heterocycles. The fourth-order valence-corrected chi connectivity index (χ4v) is 2.66. The average molecular weight is 351 g/mol. The molecule has 0 saturated heterocycles. The van der Waals surface area contributed by atoms with Crippen molar-refractivity contribution < 1.29 is 17.6 Å². The molecule has 1 heterocycles. The Balaban J connectivity index is 2.13. The van der Waals surface area contributed by atoms with Gasteiger partial charge in [-0.15, -0.1) is 5.10 Å². The predicted molar refractivity (Wildman–Crippen MR) is 87.9 cm³/mol. The Bertz CT molecular complexity index is 785. The SMILES string of the molecule is CC(C)C[C@H](NC(=O)Cc1ccccc1)c1nnc(S(C)(=O)=O)o1. The number of nitrogens with zero attached hydrogens (tertiary/aromatic N) is 2. The summed E-state index contributed by atoms with van der Waals surface area (Å²) in [5.41, 5.74) is 0.889. The standard InChI is InChI=1S/C16H21N3O4S/c1-11(2)9-13(15-18-19-16(23-15)24(3,21)22)17-14(20)10-12-7-5-4-6-8-12/h4-8,11,13H,9-10H2,1-3H3,(H,17,20)/t13-/m0/s1. The Morgan fingerprint density at radius 2 is 1.88 bits per heavy atom. The van der Waals surface area contributed by atoms with E-state index < -0.39 is 21.1 Å². The lowest BCUT2D eigenvalue weighted by Gasteiger charge is -2.17. The highest BCUT2D eigenvalue weighted by atomic mass is 32.2. The molecule has 1 amide bonds. The summed E-state index contributed by atoms with van der Waals surface area (Å²) in [6.45, 7) is 3.98. The van der Waals surface area contributed by atoms with Gasteiger partial charge in [0, 0.05) is 6.26 Å².